The van der Waals surface area contributed by atoms with Crippen molar-refractivity contribution in [3.63, 3.8) is 0 Å². The third kappa shape index (κ3) is 2.93. The minimum absolute atomic E-state index is 0.103. The summed E-state index contributed by atoms with van der Waals surface area (Å²) in [6, 6.07) is 6.40. The van der Waals surface area contributed by atoms with Gasteiger partial charge in [-0.3, -0.25) is 0 Å². The van der Waals surface area contributed by atoms with Crippen LogP contribution in [0.2, 0.25) is 5.02 Å². The van der Waals surface area contributed by atoms with Crippen molar-refractivity contribution in [3.8, 4) is 0 Å². The molecule has 2 nitrogen and oxygen atoms in total. The summed E-state index contributed by atoms with van der Waals surface area (Å²) >= 11 is 12.9. The van der Waals surface area contributed by atoms with Gasteiger partial charge in [0, 0.05) is 6.04 Å². The van der Waals surface area contributed by atoms with Crippen molar-refractivity contribution in [2.24, 2.45) is 5.92 Å². The highest BCUT2D eigenvalue weighted by molar-refractivity contribution is 6.35. The third-order valence-corrected chi connectivity index (χ3v) is 5.14. The highest BCUT2D eigenvalue weighted by atomic mass is 35.5. The van der Waals surface area contributed by atoms with Gasteiger partial charge in [0.1, 0.15) is 5.82 Å². The molecule has 1 saturated carbocycles. The Hall–Kier alpha value is -0.730. The van der Waals surface area contributed by atoms with Gasteiger partial charge in [-0.1, -0.05) is 37.4 Å². The first kappa shape index (κ1) is 15.2. The fraction of sp³-hybridized carbons (Fsp3) is 0.588. The molecule has 1 fully saturated rings. The van der Waals surface area contributed by atoms with E-state index in [1.807, 2.05) is 25.1 Å². The van der Waals surface area contributed by atoms with E-state index in [2.05, 4.69) is 11.5 Å². The van der Waals surface area contributed by atoms with Crippen molar-refractivity contribution in [3.05, 3.63) is 29.0 Å². The molecule has 2 aromatic rings. The first-order chi connectivity index (χ1) is 10.1. The van der Waals surface area contributed by atoms with Gasteiger partial charge in [0.2, 0.25) is 0 Å². The minimum Gasteiger partial charge on any atom is -0.322 e. The van der Waals surface area contributed by atoms with E-state index in [1.165, 1.54) is 32.1 Å². The van der Waals surface area contributed by atoms with Gasteiger partial charge in [0.15, 0.2) is 0 Å². The Labute approximate surface area is 136 Å². The highest BCUT2D eigenvalue weighted by Crippen LogP contribution is 2.38. The molecule has 0 amide bonds. The molecule has 1 aromatic carbocycles. The Kier molecular flexibility index (Phi) is 4.46. The number of nitrogens with zero attached hydrogens (tertiary/aromatic N) is 2. The van der Waals surface area contributed by atoms with Crippen molar-refractivity contribution >= 4 is 34.2 Å². The average Bonchev–Trinajstić information content (AvgIpc) is 2.71. The summed E-state index contributed by atoms with van der Waals surface area (Å²) in [5.41, 5.74) is 2.02. The van der Waals surface area contributed by atoms with Gasteiger partial charge in [0.05, 0.1) is 21.4 Å². The van der Waals surface area contributed by atoms with Gasteiger partial charge in [-0.2, -0.15) is 0 Å². The van der Waals surface area contributed by atoms with Crippen LogP contribution in [0.1, 0.15) is 63.2 Å². The zero-order valence-corrected chi connectivity index (χ0v) is 14.2. The van der Waals surface area contributed by atoms with Crippen LogP contribution in [0.25, 0.3) is 11.0 Å². The number of hydrogen-bond acceptors (Lipinski definition) is 1. The molecule has 0 saturated heterocycles. The predicted octanol–water partition coefficient (Wildman–Crippen LogP) is 6.13. The van der Waals surface area contributed by atoms with Gasteiger partial charge >= 0.3 is 0 Å². The third-order valence-electron chi connectivity index (χ3n) is 4.64. The Balaban J connectivity index is 2.12. The smallest absolute Gasteiger partial charge is 0.128 e. The maximum Gasteiger partial charge on any atom is 0.128 e. The summed E-state index contributed by atoms with van der Waals surface area (Å²) in [6.45, 7) is 4.35. The van der Waals surface area contributed by atoms with E-state index in [4.69, 9.17) is 28.2 Å². The number of halogens is 2. The van der Waals surface area contributed by atoms with E-state index < -0.39 is 0 Å². The average molecular weight is 325 g/mol. The number of rotatable bonds is 2. The topological polar surface area (TPSA) is 17.8 Å². The maximum absolute atomic E-state index is 6.46. The largest absolute Gasteiger partial charge is 0.322 e. The first-order valence-corrected chi connectivity index (χ1v) is 8.69. The van der Waals surface area contributed by atoms with Crippen LogP contribution in [0.15, 0.2) is 18.2 Å². The molecule has 0 aliphatic heterocycles. The van der Waals surface area contributed by atoms with Gasteiger partial charge < -0.3 is 4.57 Å². The number of aromatic nitrogens is 2. The van der Waals surface area contributed by atoms with E-state index in [1.54, 1.807) is 0 Å². The van der Waals surface area contributed by atoms with Crippen LogP contribution in [0.5, 0.6) is 0 Å². The monoisotopic (exact) mass is 324 g/mol. The van der Waals surface area contributed by atoms with Crippen molar-refractivity contribution in [1.29, 1.82) is 0 Å². The minimum atomic E-state index is -0.103. The molecule has 0 radical (unpaired) electrons. The molecule has 0 spiro atoms. The molecule has 1 heterocycles. The van der Waals surface area contributed by atoms with Crippen LogP contribution in [0.4, 0.5) is 0 Å². The van der Waals surface area contributed by atoms with E-state index in [9.17, 15) is 0 Å². The second-order valence-corrected chi connectivity index (χ2v) is 7.39. The van der Waals surface area contributed by atoms with Gasteiger partial charge in [-0.15, -0.1) is 11.6 Å². The molecule has 3 rings (SSSR count). The molecule has 3 unspecified atom stereocenters. The summed E-state index contributed by atoms with van der Waals surface area (Å²) in [5.74, 6) is 1.77. The SMILES string of the molecule is CC1CCCC(n2c(C(C)Cl)nc3cccc(Cl)c32)CC1. The lowest BCUT2D eigenvalue weighted by atomic mass is 10.0. The van der Waals surface area contributed by atoms with Crippen molar-refractivity contribution < 1.29 is 0 Å². The van der Waals surface area contributed by atoms with Crippen molar-refractivity contribution in [2.45, 2.75) is 57.4 Å². The van der Waals surface area contributed by atoms with E-state index >= 15 is 0 Å². The quantitative estimate of drug-likeness (QED) is 0.479. The number of para-hydroxylation sites is 1. The molecule has 114 valence electrons. The van der Waals surface area contributed by atoms with Crippen molar-refractivity contribution in [2.75, 3.05) is 0 Å². The normalized spacial score (nSPS) is 25.0. The Bertz CT molecular complexity index is 633. The second-order valence-electron chi connectivity index (χ2n) is 6.33. The molecule has 1 aromatic heterocycles. The summed E-state index contributed by atoms with van der Waals surface area (Å²) in [7, 11) is 0. The summed E-state index contributed by atoms with van der Waals surface area (Å²) < 4.78 is 2.33. The fourth-order valence-corrected chi connectivity index (χ4v) is 3.91. The number of alkyl halides is 1. The zero-order valence-electron chi connectivity index (χ0n) is 12.6. The molecule has 21 heavy (non-hydrogen) atoms. The van der Waals surface area contributed by atoms with E-state index in [0.29, 0.717) is 6.04 Å². The molecule has 0 N–H and O–H groups in total. The van der Waals surface area contributed by atoms with Crippen LogP contribution in [-0.2, 0) is 0 Å². The van der Waals surface area contributed by atoms with Crippen LogP contribution >= 0.6 is 23.2 Å². The predicted molar refractivity (Wildman–Crippen MR) is 90.3 cm³/mol. The van der Waals surface area contributed by atoms with Gasteiger partial charge in [-0.25, -0.2) is 4.98 Å². The second kappa shape index (κ2) is 6.18. The van der Waals surface area contributed by atoms with Crippen LogP contribution in [-0.4, -0.2) is 9.55 Å². The van der Waals surface area contributed by atoms with Crippen LogP contribution < -0.4 is 0 Å². The zero-order chi connectivity index (χ0) is 15.0. The maximum atomic E-state index is 6.46. The lowest BCUT2D eigenvalue weighted by Gasteiger charge is -2.21. The molecule has 1 aliphatic rings. The lowest BCUT2D eigenvalue weighted by molar-refractivity contribution is 0.430. The molecule has 1 aliphatic carbocycles. The molecular formula is C17H22Cl2N2. The molecule has 3 atom stereocenters. The first-order valence-electron chi connectivity index (χ1n) is 7.88. The number of imidazole rings is 1. The van der Waals surface area contributed by atoms with Crippen LogP contribution in [0.3, 0.4) is 0 Å². The molecule has 0 bridgehead atoms. The number of hydrogen-bond donors (Lipinski definition) is 0. The summed E-state index contributed by atoms with van der Waals surface area (Å²) in [6.07, 6.45) is 6.24. The molecular weight excluding hydrogens is 303 g/mol. The summed E-state index contributed by atoms with van der Waals surface area (Å²) in [4.78, 5) is 4.74. The Morgan fingerprint density at radius 2 is 2.05 bits per heavy atom. The van der Waals surface area contributed by atoms with Crippen molar-refractivity contribution in [1.82, 2.24) is 9.55 Å². The summed E-state index contributed by atoms with van der Waals surface area (Å²) in [5, 5.41) is 0.676. The Morgan fingerprint density at radius 1 is 1.24 bits per heavy atom. The molecule has 4 heteroatoms. The van der Waals surface area contributed by atoms with Gasteiger partial charge in [-0.05, 0) is 44.2 Å². The number of benzene rings is 1. The lowest BCUT2D eigenvalue weighted by Crippen LogP contribution is -2.12. The van der Waals surface area contributed by atoms with Gasteiger partial charge in [0.25, 0.3) is 0 Å². The van der Waals surface area contributed by atoms with E-state index in [-0.39, 0.29) is 5.38 Å². The van der Waals surface area contributed by atoms with Crippen LogP contribution in [0, 0.1) is 5.92 Å². The fourth-order valence-electron chi connectivity index (χ4n) is 3.50. The standard InChI is InChI=1S/C17H22Cl2N2/c1-11-5-3-6-13(10-9-11)21-16-14(19)7-4-8-15(16)20-17(21)12(2)18/h4,7-8,11-13H,3,5-6,9-10H2,1-2H3. The number of fused-ring (bicyclic) bond motifs is 1. The Morgan fingerprint density at radius 3 is 2.81 bits per heavy atom. The van der Waals surface area contributed by atoms with E-state index in [0.717, 1.165) is 27.8 Å². The highest BCUT2D eigenvalue weighted by Gasteiger charge is 2.25.